The van der Waals surface area contributed by atoms with Crippen LogP contribution in [0.2, 0.25) is 0 Å². The van der Waals surface area contributed by atoms with Crippen LogP contribution in [-0.2, 0) is 4.79 Å². The van der Waals surface area contributed by atoms with Gasteiger partial charge >= 0.3 is 0 Å². The first kappa shape index (κ1) is 20.0. The maximum absolute atomic E-state index is 12.4. The Morgan fingerprint density at radius 2 is 1.97 bits per heavy atom. The first-order valence-electron chi connectivity index (χ1n) is 9.33. The van der Waals surface area contributed by atoms with Crippen LogP contribution >= 0.6 is 15.9 Å². The van der Waals surface area contributed by atoms with E-state index in [2.05, 4.69) is 21.2 Å². The monoisotopic (exact) mass is 470 g/mol. The number of nitrogens with one attached hydrogen (secondary N) is 1. The van der Waals surface area contributed by atoms with Crippen LogP contribution in [0, 0.1) is 6.92 Å². The van der Waals surface area contributed by atoms with Crippen LogP contribution in [0.4, 0.5) is 11.4 Å². The second kappa shape index (κ2) is 8.62. The number of hydrogen-bond acceptors (Lipinski definition) is 5. The van der Waals surface area contributed by atoms with E-state index in [0.29, 0.717) is 34.9 Å². The predicted molar refractivity (Wildman–Crippen MR) is 115 cm³/mol. The molecule has 8 heteroatoms. The van der Waals surface area contributed by atoms with Crippen molar-refractivity contribution in [2.24, 2.45) is 0 Å². The highest BCUT2D eigenvalue weighted by Gasteiger charge is 2.26. The average Bonchev–Trinajstić information content (AvgIpc) is 3.17. The Hall–Kier alpha value is -3.26. The zero-order chi connectivity index (χ0) is 21.1. The van der Waals surface area contributed by atoms with Crippen LogP contribution in [0.1, 0.15) is 16.1 Å². The molecule has 2 amide bonds. The van der Waals surface area contributed by atoms with Gasteiger partial charge < -0.3 is 24.1 Å². The Kier molecular flexibility index (Phi) is 5.76. The molecule has 0 fully saturated rings. The molecule has 2 heterocycles. The van der Waals surface area contributed by atoms with Crippen LogP contribution in [0.3, 0.4) is 0 Å². The molecule has 0 saturated heterocycles. The van der Waals surface area contributed by atoms with E-state index in [-0.39, 0.29) is 18.3 Å². The molecule has 0 bridgehead atoms. The minimum Gasteiger partial charge on any atom is -0.492 e. The molecule has 154 valence electrons. The van der Waals surface area contributed by atoms with Crippen LogP contribution in [-0.4, -0.2) is 31.6 Å². The van der Waals surface area contributed by atoms with Crippen molar-refractivity contribution in [3.8, 4) is 11.5 Å². The van der Waals surface area contributed by atoms with Crippen molar-refractivity contribution in [3.63, 3.8) is 0 Å². The number of carbonyl (C=O) groups is 2. The zero-order valence-corrected chi connectivity index (χ0v) is 17.8. The number of fused-ring (bicyclic) bond motifs is 1. The fraction of sp³-hybridized carbons (Fsp3) is 0.182. The number of ether oxygens (including phenoxy) is 2. The van der Waals surface area contributed by atoms with Crippen LogP contribution < -0.4 is 19.7 Å². The van der Waals surface area contributed by atoms with E-state index in [4.69, 9.17) is 13.9 Å². The van der Waals surface area contributed by atoms with E-state index in [1.807, 2.05) is 31.2 Å². The van der Waals surface area contributed by atoms with Crippen molar-refractivity contribution in [2.75, 3.05) is 30.0 Å². The zero-order valence-electron chi connectivity index (χ0n) is 16.2. The van der Waals surface area contributed by atoms with E-state index >= 15 is 0 Å². The lowest BCUT2D eigenvalue weighted by molar-refractivity contribution is -0.121. The SMILES string of the molecule is Cc1ccc(OCCN2C(=O)COc3ccc(NC(=O)c4ccc(Br)o4)cc32)cc1. The predicted octanol–water partition coefficient (Wildman–Crippen LogP) is 4.41. The molecule has 30 heavy (non-hydrogen) atoms. The highest BCUT2D eigenvalue weighted by atomic mass is 79.9. The number of anilines is 2. The summed E-state index contributed by atoms with van der Waals surface area (Å²) in [5, 5.41) is 2.77. The van der Waals surface area contributed by atoms with Gasteiger partial charge in [-0.15, -0.1) is 0 Å². The lowest BCUT2D eigenvalue weighted by Gasteiger charge is -2.29. The Morgan fingerprint density at radius 1 is 1.17 bits per heavy atom. The number of nitrogens with zero attached hydrogens (tertiary/aromatic N) is 1. The standard InChI is InChI=1S/C22H19BrN2O5/c1-14-2-5-16(6-3-14)28-11-10-25-17-12-15(4-7-18(17)29-13-21(25)26)24-22(27)19-8-9-20(23)30-19/h2-9,12H,10-11,13H2,1H3,(H,24,27). The summed E-state index contributed by atoms with van der Waals surface area (Å²) in [6.45, 7) is 2.65. The number of amides is 2. The number of aryl methyl sites for hydroxylation is 1. The molecular formula is C22H19BrN2O5. The Balaban J connectivity index is 1.47. The van der Waals surface area contributed by atoms with Crippen molar-refractivity contribution < 1.29 is 23.5 Å². The molecule has 0 unspecified atom stereocenters. The van der Waals surface area contributed by atoms with Gasteiger partial charge in [0, 0.05) is 5.69 Å². The summed E-state index contributed by atoms with van der Waals surface area (Å²) in [5.74, 6) is 0.928. The Bertz CT molecular complexity index is 1080. The van der Waals surface area contributed by atoms with Gasteiger partial charge in [0.25, 0.3) is 11.8 Å². The molecule has 4 rings (SSSR count). The Morgan fingerprint density at radius 3 is 2.70 bits per heavy atom. The summed E-state index contributed by atoms with van der Waals surface area (Å²) >= 11 is 3.17. The molecule has 0 aliphatic carbocycles. The smallest absolute Gasteiger partial charge is 0.291 e. The van der Waals surface area contributed by atoms with E-state index in [0.717, 1.165) is 11.3 Å². The van der Waals surface area contributed by atoms with Crippen molar-refractivity contribution in [1.29, 1.82) is 0 Å². The summed E-state index contributed by atoms with van der Waals surface area (Å²) in [6.07, 6.45) is 0. The molecule has 7 nitrogen and oxygen atoms in total. The first-order chi connectivity index (χ1) is 14.5. The maximum atomic E-state index is 12.4. The van der Waals surface area contributed by atoms with Crippen molar-refractivity contribution in [1.82, 2.24) is 0 Å². The van der Waals surface area contributed by atoms with E-state index < -0.39 is 5.91 Å². The van der Waals surface area contributed by atoms with Gasteiger partial charge in [-0.2, -0.15) is 0 Å². The van der Waals surface area contributed by atoms with Crippen molar-refractivity contribution >= 4 is 39.1 Å². The van der Waals surface area contributed by atoms with Gasteiger partial charge in [0.1, 0.15) is 18.1 Å². The normalized spacial score (nSPS) is 12.9. The quantitative estimate of drug-likeness (QED) is 0.576. The number of hydrogen-bond donors (Lipinski definition) is 1. The third kappa shape index (κ3) is 4.49. The van der Waals surface area contributed by atoms with Gasteiger partial charge in [-0.25, -0.2) is 0 Å². The average molecular weight is 471 g/mol. The molecular weight excluding hydrogens is 452 g/mol. The fourth-order valence-electron chi connectivity index (χ4n) is 3.04. The van der Waals surface area contributed by atoms with E-state index in [1.165, 1.54) is 0 Å². The molecule has 1 aliphatic heterocycles. The number of furan rings is 1. The fourth-order valence-corrected chi connectivity index (χ4v) is 3.35. The highest BCUT2D eigenvalue weighted by Crippen LogP contribution is 2.34. The molecule has 0 saturated carbocycles. The largest absolute Gasteiger partial charge is 0.492 e. The van der Waals surface area contributed by atoms with Gasteiger partial charge in [-0.3, -0.25) is 9.59 Å². The van der Waals surface area contributed by atoms with Gasteiger partial charge in [0.2, 0.25) is 0 Å². The van der Waals surface area contributed by atoms with Crippen molar-refractivity contribution in [3.05, 3.63) is 70.6 Å². The second-order valence-corrected chi connectivity index (χ2v) is 7.52. The highest BCUT2D eigenvalue weighted by molar-refractivity contribution is 9.10. The van der Waals surface area contributed by atoms with Crippen molar-refractivity contribution in [2.45, 2.75) is 6.92 Å². The minimum absolute atomic E-state index is 0.0380. The van der Waals surface area contributed by atoms with E-state index in [9.17, 15) is 9.59 Å². The molecule has 0 radical (unpaired) electrons. The molecule has 2 aromatic carbocycles. The lowest BCUT2D eigenvalue weighted by atomic mass is 10.2. The van der Waals surface area contributed by atoms with Gasteiger partial charge in [0.15, 0.2) is 17.0 Å². The van der Waals surface area contributed by atoms with Gasteiger partial charge in [-0.1, -0.05) is 17.7 Å². The number of carbonyl (C=O) groups excluding carboxylic acids is 2. The first-order valence-corrected chi connectivity index (χ1v) is 10.1. The second-order valence-electron chi connectivity index (χ2n) is 6.74. The summed E-state index contributed by atoms with van der Waals surface area (Å²) in [5.41, 5.74) is 2.25. The van der Waals surface area contributed by atoms with Crippen LogP contribution in [0.15, 0.2) is 63.7 Å². The minimum atomic E-state index is -0.391. The third-order valence-corrected chi connectivity index (χ3v) is 4.99. The van der Waals surface area contributed by atoms with Gasteiger partial charge in [0.05, 0.1) is 12.2 Å². The summed E-state index contributed by atoms with van der Waals surface area (Å²) in [7, 11) is 0. The molecule has 1 N–H and O–H groups in total. The number of halogens is 1. The molecule has 3 aromatic rings. The maximum Gasteiger partial charge on any atom is 0.291 e. The summed E-state index contributed by atoms with van der Waals surface area (Å²) < 4.78 is 17.0. The molecule has 1 aliphatic rings. The summed E-state index contributed by atoms with van der Waals surface area (Å²) in [4.78, 5) is 26.4. The molecule has 1 aromatic heterocycles. The van der Waals surface area contributed by atoms with Gasteiger partial charge in [-0.05, 0) is 65.3 Å². The number of rotatable bonds is 6. The van der Waals surface area contributed by atoms with Crippen LogP contribution in [0.5, 0.6) is 11.5 Å². The molecule has 0 atom stereocenters. The molecule has 0 spiro atoms. The Labute approximate surface area is 181 Å². The topological polar surface area (TPSA) is 81.0 Å². The number of benzene rings is 2. The van der Waals surface area contributed by atoms with E-state index in [1.54, 1.807) is 35.2 Å². The lowest BCUT2D eigenvalue weighted by Crippen LogP contribution is -2.41. The summed E-state index contributed by atoms with van der Waals surface area (Å²) in [6, 6.07) is 16.1. The third-order valence-electron chi connectivity index (χ3n) is 4.56. The van der Waals surface area contributed by atoms with Crippen LogP contribution in [0.25, 0.3) is 0 Å².